The molecule has 0 aliphatic heterocycles. The largest absolute Gasteiger partial charge is 0.344 e. The number of nitrogens with one attached hydrogen (secondary N) is 2. The van der Waals surface area contributed by atoms with E-state index in [2.05, 4.69) is 21.6 Å². The topological polar surface area (TPSA) is 50.4 Å². The Morgan fingerprint density at radius 1 is 1.80 bits per heavy atom. The van der Waals surface area contributed by atoms with Gasteiger partial charge >= 0.3 is 0 Å². The lowest BCUT2D eigenvalue weighted by atomic mass is 10.5. The predicted octanol–water partition coefficient (Wildman–Crippen LogP) is -1.11. The van der Waals surface area contributed by atoms with Crippen LogP contribution < -0.4 is 10.8 Å². The molecule has 0 aliphatic carbocycles. The summed E-state index contributed by atoms with van der Waals surface area (Å²) in [4.78, 5) is 15.0. The molecular formula is C6H10N2O2. The van der Waals surface area contributed by atoms with Gasteiger partial charge in [0.05, 0.1) is 20.2 Å². The Balaban J connectivity index is 3.19. The summed E-state index contributed by atoms with van der Waals surface area (Å²) in [6.07, 6.45) is 4.89. The molecule has 10 heavy (non-hydrogen) atoms. The molecule has 2 N–H and O–H groups in total. The van der Waals surface area contributed by atoms with Crippen molar-refractivity contribution in [3.8, 4) is 12.3 Å². The summed E-state index contributed by atoms with van der Waals surface area (Å²) in [6, 6.07) is 0. The van der Waals surface area contributed by atoms with E-state index in [-0.39, 0.29) is 19.0 Å². The van der Waals surface area contributed by atoms with Crippen molar-refractivity contribution in [3.63, 3.8) is 0 Å². The van der Waals surface area contributed by atoms with E-state index in [4.69, 9.17) is 6.42 Å². The molecule has 4 nitrogen and oxygen atoms in total. The highest BCUT2D eigenvalue weighted by Crippen LogP contribution is 1.62. The summed E-state index contributed by atoms with van der Waals surface area (Å²) in [5.74, 6) is 2.09. The Bertz CT molecular complexity index is 139. The van der Waals surface area contributed by atoms with E-state index in [1.54, 1.807) is 0 Å². The highest BCUT2D eigenvalue weighted by molar-refractivity contribution is 5.78. The van der Waals surface area contributed by atoms with Gasteiger partial charge in [0.1, 0.15) is 0 Å². The monoisotopic (exact) mass is 142 g/mol. The number of carbonyl (C=O) groups is 1. The first-order valence-corrected chi connectivity index (χ1v) is 2.77. The first-order chi connectivity index (χ1) is 4.81. The molecule has 0 unspecified atom stereocenters. The van der Waals surface area contributed by atoms with E-state index in [1.807, 2.05) is 0 Å². The Labute approximate surface area is 59.9 Å². The second kappa shape index (κ2) is 6.08. The van der Waals surface area contributed by atoms with Gasteiger partial charge in [-0.1, -0.05) is 5.92 Å². The number of hydroxylamine groups is 1. The lowest BCUT2D eigenvalue weighted by molar-refractivity contribution is -0.122. The van der Waals surface area contributed by atoms with Crippen LogP contribution >= 0.6 is 0 Å². The van der Waals surface area contributed by atoms with Crippen molar-refractivity contribution in [2.24, 2.45) is 0 Å². The Hall–Kier alpha value is -1.05. The first kappa shape index (κ1) is 8.95. The van der Waals surface area contributed by atoms with Crippen molar-refractivity contribution in [2.45, 2.75) is 0 Å². The van der Waals surface area contributed by atoms with Crippen LogP contribution in [-0.4, -0.2) is 26.1 Å². The normalized spacial score (nSPS) is 8.40. The summed E-state index contributed by atoms with van der Waals surface area (Å²) in [5, 5.41) is 2.45. The average molecular weight is 142 g/mol. The number of terminal acetylenes is 1. The van der Waals surface area contributed by atoms with Gasteiger partial charge in [0.2, 0.25) is 5.91 Å². The van der Waals surface area contributed by atoms with Crippen molar-refractivity contribution in [2.75, 3.05) is 20.2 Å². The maximum atomic E-state index is 10.6. The Morgan fingerprint density at radius 2 is 2.50 bits per heavy atom. The minimum Gasteiger partial charge on any atom is -0.344 e. The van der Waals surface area contributed by atoms with E-state index in [0.29, 0.717) is 0 Å². The van der Waals surface area contributed by atoms with Crippen LogP contribution in [0.2, 0.25) is 0 Å². The minimum atomic E-state index is -0.181. The van der Waals surface area contributed by atoms with E-state index in [1.165, 1.54) is 7.11 Å². The summed E-state index contributed by atoms with van der Waals surface area (Å²) < 4.78 is 0. The van der Waals surface area contributed by atoms with Crippen LogP contribution in [0.5, 0.6) is 0 Å². The first-order valence-electron chi connectivity index (χ1n) is 2.77. The van der Waals surface area contributed by atoms with Crippen LogP contribution in [0.1, 0.15) is 0 Å². The second-order valence-corrected chi connectivity index (χ2v) is 1.51. The van der Waals surface area contributed by atoms with Crippen molar-refractivity contribution < 1.29 is 9.63 Å². The van der Waals surface area contributed by atoms with E-state index < -0.39 is 0 Å². The predicted molar refractivity (Wildman–Crippen MR) is 36.9 cm³/mol. The standard InChI is InChI=1S/C6H10N2O2/c1-3-4-7-6(9)5-8-10-2/h1,8H,4-5H2,2H3,(H,7,9). The quantitative estimate of drug-likeness (QED) is 0.386. The SMILES string of the molecule is C#CCNC(=O)CNOC. The van der Waals surface area contributed by atoms with Gasteiger partial charge in [-0.2, -0.15) is 5.48 Å². The number of hydrogen-bond donors (Lipinski definition) is 2. The fourth-order valence-corrected chi connectivity index (χ4v) is 0.350. The Morgan fingerprint density at radius 3 is 3.00 bits per heavy atom. The van der Waals surface area contributed by atoms with Gasteiger partial charge in [-0.3, -0.25) is 4.79 Å². The molecule has 0 heterocycles. The zero-order chi connectivity index (χ0) is 7.82. The van der Waals surface area contributed by atoms with Gasteiger partial charge in [0.15, 0.2) is 0 Å². The van der Waals surface area contributed by atoms with Gasteiger partial charge in [0, 0.05) is 0 Å². The molecule has 0 saturated carbocycles. The Kier molecular flexibility index (Phi) is 5.44. The van der Waals surface area contributed by atoms with Crippen LogP contribution in [0.3, 0.4) is 0 Å². The maximum Gasteiger partial charge on any atom is 0.237 e. The van der Waals surface area contributed by atoms with Gasteiger partial charge in [0.25, 0.3) is 0 Å². The molecule has 0 atom stereocenters. The molecular weight excluding hydrogens is 132 g/mol. The van der Waals surface area contributed by atoms with Crippen molar-refractivity contribution >= 4 is 5.91 Å². The number of carbonyl (C=O) groups excluding carboxylic acids is 1. The molecule has 0 saturated heterocycles. The molecule has 0 aliphatic rings. The van der Waals surface area contributed by atoms with E-state index in [9.17, 15) is 4.79 Å². The van der Waals surface area contributed by atoms with Crippen molar-refractivity contribution in [1.29, 1.82) is 0 Å². The number of hydrogen-bond acceptors (Lipinski definition) is 3. The van der Waals surface area contributed by atoms with Gasteiger partial charge in [-0.05, 0) is 0 Å². The zero-order valence-corrected chi connectivity index (χ0v) is 5.81. The molecule has 0 aromatic carbocycles. The lowest BCUT2D eigenvalue weighted by Crippen LogP contribution is -2.33. The summed E-state index contributed by atoms with van der Waals surface area (Å²) in [7, 11) is 1.44. The molecule has 0 fully saturated rings. The second-order valence-electron chi connectivity index (χ2n) is 1.51. The molecule has 0 rings (SSSR count). The molecule has 0 bridgehead atoms. The number of amides is 1. The molecule has 0 radical (unpaired) electrons. The third kappa shape index (κ3) is 5.09. The third-order valence-electron chi connectivity index (χ3n) is 0.765. The zero-order valence-electron chi connectivity index (χ0n) is 5.81. The highest BCUT2D eigenvalue weighted by atomic mass is 16.6. The fraction of sp³-hybridized carbons (Fsp3) is 0.500. The molecule has 1 amide bonds. The molecule has 0 aromatic heterocycles. The average Bonchev–Trinajstić information content (AvgIpc) is 1.97. The van der Waals surface area contributed by atoms with Crippen molar-refractivity contribution in [3.05, 3.63) is 0 Å². The van der Waals surface area contributed by atoms with Crippen LogP contribution in [0.4, 0.5) is 0 Å². The fourth-order valence-electron chi connectivity index (χ4n) is 0.350. The molecule has 0 aromatic rings. The third-order valence-corrected chi connectivity index (χ3v) is 0.765. The van der Waals surface area contributed by atoms with Crippen molar-refractivity contribution in [1.82, 2.24) is 10.8 Å². The van der Waals surface area contributed by atoms with Crippen LogP contribution in [0, 0.1) is 12.3 Å². The molecule has 4 heteroatoms. The summed E-state index contributed by atoms with van der Waals surface area (Å²) in [6.45, 7) is 0.377. The number of rotatable bonds is 4. The van der Waals surface area contributed by atoms with Crippen LogP contribution in [0.15, 0.2) is 0 Å². The van der Waals surface area contributed by atoms with Gasteiger partial charge < -0.3 is 10.2 Å². The molecule has 56 valence electrons. The summed E-state index contributed by atoms with van der Waals surface area (Å²) in [5.41, 5.74) is 2.38. The lowest BCUT2D eigenvalue weighted by Gasteiger charge is -2.00. The van der Waals surface area contributed by atoms with Gasteiger partial charge in [-0.15, -0.1) is 6.42 Å². The van der Waals surface area contributed by atoms with Crippen LogP contribution in [0.25, 0.3) is 0 Å². The van der Waals surface area contributed by atoms with Crippen LogP contribution in [-0.2, 0) is 9.63 Å². The highest BCUT2D eigenvalue weighted by Gasteiger charge is 1.95. The maximum absolute atomic E-state index is 10.6. The minimum absolute atomic E-state index is 0.123. The smallest absolute Gasteiger partial charge is 0.237 e. The molecule has 0 spiro atoms. The van der Waals surface area contributed by atoms with Gasteiger partial charge in [-0.25, -0.2) is 0 Å². The van der Waals surface area contributed by atoms with E-state index >= 15 is 0 Å². The van der Waals surface area contributed by atoms with E-state index in [0.717, 1.165) is 0 Å². The summed E-state index contributed by atoms with van der Waals surface area (Å²) >= 11 is 0.